The van der Waals surface area contributed by atoms with Gasteiger partial charge in [-0.1, -0.05) is 39.0 Å². The lowest BCUT2D eigenvalue weighted by molar-refractivity contribution is -0.131. The number of nitrogens with zero attached hydrogens (tertiary/aromatic N) is 3. The van der Waals surface area contributed by atoms with Crippen LogP contribution in [0.1, 0.15) is 51.7 Å². The maximum Gasteiger partial charge on any atom is 0.407 e. The van der Waals surface area contributed by atoms with Gasteiger partial charge in [0.05, 0.1) is 19.1 Å². The molecule has 0 spiro atoms. The third kappa shape index (κ3) is 6.69. The number of ether oxygens (including phenoxy) is 1. The second kappa shape index (κ2) is 12.0. The van der Waals surface area contributed by atoms with Crippen molar-refractivity contribution in [3.63, 3.8) is 0 Å². The zero-order chi connectivity index (χ0) is 29.1. The fraction of sp³-hybridized carbons (Fsp3) is 0.548. The van der Waals surface area contributed by atoms with Gasteiger partial charge in [-0.2, -0.15) is 0 Å². The van der Waals surface area contributed by atoms with Gasteiger partial charge in [0.2, 0.25) is 5.91 Å². The summed E-state index contributed by atoms with van der Waals surface area (Å²) in [7, 11) is 1.64. The molecule has 1 atom stereocenters. The Hall–Kier alpha value is -3.33. The van der Waals surface area contributed by atoms with Gasteiger partial charge in [0.15, 0.2) is 0 Å². The van der Waals surface area contributed by atoms with E-state index >= 15 is 0 Å². The lowest BCUT2D eigenvalue weighted by Gasteiger charge is -2.54. The summed E-state index contributed by atoms with van der Waals surface area (Å²) in [5, 5.41) is 13.2. The van der Waals surface area contributed by atoms with Crippen molar-refractivity contribution in [3.05, 3.63) is 59.4 Å². The molecule has 2 aliphatic rings. The number of halogens is 1. The molecule has 0 aromatic heterocycles. The number of rotatable bonds is 7. The first kappa shape index (κ1) is 29.6. The quantitative estimate of drug-likeness (QED) is 0.497. The predicted octanol–water partition coefficient (Wildman–Crippen LogP) is 5.08. The zero-order valence-electron chi connectivity index (χ0n) is 24.4. The third-order valence-corrected chi connectivity index (χ3v) is 8.76. The monoisotopic (exact) mass is 554 g/mol. The van der Waals surface area contributed by atoms with Gasteiger partial charge in [-0.15, -0.1) is 0 Å². The minimum absolute atomic E-state index is 0.0877. The number of methoxy groups -OCH3 is 1. The second-order valence-corrected chi connectivity index (χ2v) is 12.3. The number of anilines is 1. The van der Waals surface area contributed by atoms with Crippen LogP contribution in [-0.2, 0) is 17.8 Å². The maximum atomic E-state index is 13.5. The molecule has 218 valence electrons. The van der Waals surface area contributed by atoms with Crippen LogP contribution in [0.2, 0.25) is 0 Å². The fourth-order valence-electron chi connectivity index (χ4n) is 5.82. The Morgan fingerprint density at radius 2 is 1.82 bits per heavy atom. The summed E-state index contributed by atoms with van der Waals surface area (Å²) in [6.07, 6.45) is 1.05. The van der Waals surface area contributed by atoms with E-state index in [9.17, 15) is 19.1 Å². The Morgan fingerprint density at radius 1 is 1.10 bits per heavy atom. The number of piperazine rings is 1. The van der Waals surface area contributed by atoms with E-state index in [1.807, 2.05) is 36.1 Å². The van der Waals surface area contributed by atoms with Crippen LogP contribution in [0.5, 0.6) is 5.75 Å². The van der Waals surface area contributed by atoms with Crippen molar-refractivity contribution in [2.45, 2.75) is 65.1 Å². The molecule has 40 heavy (non-hydrogen) atoms. The molecule has 2 aromatic rings. The molecule has 0 unspecified atom stereocenters. The lowest BCUT2D eigenvalue weighted by atomic mass is 9.72. The van der Waals surface area contributed by atoms with E-state index in [0.717, 1.165) is 35.4 Å². The molecule has 2 aromatic carbocycles. The summed E-state index contributed by atoms with van der Waals surface area (Å²) in [5.74, 6) is 0.564. The summed E-state index contributed by atoms with van der Waals surface area (Å²) in [4.78, 5) is 30.8. The van der Waals surface area contributed by atoms with E-state index in [2.05, 4.69) is 31.0 Å². The summed E-state index contributed by atoms with van der Waals surface area (Å²) in [5.41, 5.74) is 1.92. The molecule has 2 saturated heterocycles. The summed E-state index contributed by atoms with van der Waals surface area (Å²) in [6.45, 7) is 12.0. The number of carbonyl (C=O) groups excluding carboxylic acids is 1. The molecular weight excluding hydrogens is 511 g/mol. The van der Waals surface area contributed by atoms with Gasteiger partial charge in [-0.25, -0.2) is 9.18 Å². The minimum atomic E-state index is -0.879. The second-order valence-electron chi connectivity index (χ2n) is 12.3. The Bertz CT molecular complexity index is 1210. The summed E-state index contributed by atoms with van der Waals surface area (Å²) < 4.78 is 19.2. The molecule has 0 radical (unpaired) electrons. The van der Waals surface area contributed by atoms with Crippen LogP contribution in [0.25, 0.3) is 0 Å². The van der Waals surface area contributed by atoms with Crippen LogP contribution in [0.3, 0.4) is 0 Å². The molecule has 2 amide bonds. The normalized spacial score (nSPS) is 20.9. The lowest BCUT2D eigenvalue weighted by Crippen LogP contribution is -2.67. The van der Waals surface area contributed by atoms with E-state index < -0.39 is 11.6 Å². The highest BCUT2D eigenvalue weighted by atomic mass is 19.1. The van der Waals surface area contributed by atoms with Gasteiger partial charge < -0.3 is 20.1 Å². The van der Waals surface area contributed by atoms with Gasteiger partial charge in [0, 0.05) is 56.6 Å². The Kier molecular flexibility index (Phi) is 8.93. The van der Waals surface area contributed by atoms with Crippen LogP contribution < -0.4 is 10.1 Å². The van der Waals surface area contributed by atoms with Gasteiger partial charge in [-0.05, 0) is 55.0 Å². The molecule has 8 nitrogen and oxygen atoms in total. The topological polar surface area (TPSA) is 85.4 Å². The molecule has 2 N–H and O–H groups in total. The zero-order valence-corrected chi connectivity index (χ0v) is 24.4. The number of carboxylic acid groups (broad SMARTS) is 1. The number of likely N-dealkylation sites (tertiary alicyclic amines) is 1. The molecule has 2 fully saturated rings. The molecule has 9 heteroatoms. The minimum Gasteiger partial charge on any atom is -0.496 e. The molecular formula is C31H43FN4O4. The van der Waals surface area contributed by atoms with E-state index in [4.69, 9.17) is 4.74 Å². The van der Waals surface area contributed by atoms with Crippen molar-refractivity contribution in [2.24, 2.45) is 5.41 Å². The SMILES string of the molecule is COc1cc(CC(=O)N2CCC(Nc3cccc(F)c3)CC2)ccc1CN1CCN(C(=O)O)[C@@](C)(C(C)(C)C)C1. The average molecular weight is 555 g/mol. The highest BCUT2D eigenvalue weighted by Gasteiger charge is 2.48. The van der Waals surface area contributed by atoms with Gasteiger partial charge in [-0.3, -0.25) is 14.6 Å². The smallest absolute Gasteiger partial charge is 0.407 e. The standard InChI is InChI=1S/C31H43FN4O4/c1-30(2,3)31(4)21-34(15-16-36(31)29(38)39)20-23-10-9-22(17-27(23)40-5)18-28(37)35-13-11-25(12-14-35)33-26-8-6-7-24(32)19-26/h6-10,17,19,25,33H,11-16,18,20-21H2,1-5H3,(H,38,39)/t31-/m1/s1. The molecule has 4 rings (SSSR count). The number of hydrogen-bond acceptors (Lipinski definition) is 5. The van der Waals surface area contributed by atoms with Crippen molar-refractivity contribution in [2.75, 3.05) is 45.2 Å². The molecule has 0 saturated carbocycles. The summed E-state index contributed by atoms with van der Waals surface area (Å²) >= 11 is 0. The number of amides is 2. The highest BCUT2D eigenvalue weighted by molar-refractivity contribution is 5.79. The van der Waals surface area contributed by atoms with E-state index in [1.54, 1.807) is 18.1 Å². The van der Waals surface area contributed by atoms with Crippen molar-refractivity contribution in [3.8, 4) is 5.75 Å². The Balaban J connectivity index is 1.34. The number of benzene rings is 2. The first-order valence-electron chi connectivity index (χ1n) is 14.1. The molecule has 2 heterocycles. The highest BCUT2D eigenvalue weighted by Crippen LogP contribution is 2.39. The average Bonchev–Trinajstić information content (AvgIpc) is 2.89. The third-order valence-electron chi connectivity index (χ3n) is 8.76. The fourth-order valence-corrected chi connectivity index (χ4v) is 5.82. The van der Waals surface area contributed by atoms with Crippen LogP contribution in [0.4, 0.5) is 14.9 Å². The summed E-state index contributed by atoms with van der Waals surface area (Å²) in [6, 6.07) is 12.6. The Morgan fingerprint density at radius 3 is 2.45 bits per heavy atom. The largest absolute Gasteiger partial charge is 0.496 e. The van der Waals surface area contributed by atoms with Gasteiger partial charge in [0.1, 0.15) is 11.6 Å². The number of nitrogens with one attached hydrogen (secondary N) is 1. The van der Waals surface area contributed by atoms with Crippen LogP contribution >= 0.6 is 0 Å². The predicted molar refractivity (Wildman–Crippen MR) is 154 cm³/mol. The number of piperidine rings is 1. The Labute approximate surface area is 237 Å². The van der Waals surface area contributed by atoms with Gasteiger partial charge in [0.25, 0.3) is 0 Å². The van der Waals surface area contributed by atoms with Crippen molar-refractivity contribution in [1.29, 1.82) is 0 Å². The van der Waals surface area contributed by atoms with Gasteiger partial charge >= 0.3 is 6.09 Å². The van der Waals surface area contributed by atoms with Crippen molar-refractivity contribution in [1.82, 2.24) is 14.7 Å². The van der Waals surface area contributed by atoms with E-state index in [0.29, 0.717) is 45.7 Å². The number of carbonyl (C=O) groups is 2. The van der Waals surface area contributed by atoms with Crippen LogP contribution in [0, 0.1) is 11.2 Å². The van der Waals surface area contributed by atoms with E-state index in [-0.39, 0.29) is 23.2 Å². The maximum absolute atomic E-state index is 13.5. The first-order valence-corrected chi connectivity index (χ1v) is 14.1. The van der Waals surface area contributed by atoms with Crippen LogP contribution in [-0.4, -0.2) is 83.2 Å². The van der Waals surface area contributed by atoms with Crippen molar-refractivity contribution < 1.29 is 23.8 Å². The molecule has 2 aliphatic heterocycles. The molecule has 0 bridgehead atoms. The first-order chi connectivity index (χ1) is 18.9. The van der Waals surface area contributed by atoms with Crippen LogP contribution in [0.15, 0.2) is 42.5 Å². The molecule has 0 aliphatic carbocycles. The van der Waals surface area contributed by atoms with Crippen molar-refractivity contribution >= 4 is 17.7 Å². The van der Waals surface area contributed by atoms with E-state index in [1.165, 1.54) is 12.1 Å². The number of hydrogen-bond donors (Lipinski definition) is 2.